The van der Waals surface area contributed by atoms with Gasteiger partial charge in [-0.15, -0.1) is 11.3 Å². The van der Waals surface area contributed by atoms with Gasteiger partial charge < -0.3 is 0 Å². The molecule has 0 bridgehead atoms. The monoisotopic (exact) mass is 638 g/mol. The number of fused-ring (bicyclic) bond motifs is 15. The SMILES string of the molecule is c1ccc2c(c1)c1ccccc1c1nc(-c3ccc4sc5ccc(-c6ccc7c8ccccc8c8ccccc8c7n6)cc5c4c3)ccc21. The van der Waals surface area contributed by atoms with E-state index in [0.717, 1.165) is 33.5 Å². The molecule has 3 aromatic heterocycles. The van der Waals surface area contributed by atoms with Gasteiger partial charge in [0, 0.05) is 52.8 Å². The molecule has 0 saturated carbocycles. The minimum atomic E-state index is 0.987. The molecule has 3 heterocycles. The molecular formula is C46H26N2S. The Morgan fingerprint density at radius 2 is 0.612 bits per heavy atom. The molecule has 0 radical (unpaired) electrons. The molecule has 0 aliphatic rings. The number of hydrogen-bond acceptors (Lipinski definition) is 3. The second-order valence-electron chi connectivity index (χ2n) is 12.9. The van der Waals surface area contributed by atoms with Gasteiger partial charge in [0.15, 0.2) is 0 Å². The Balaban J connectivity index is 1.08. The molecule has 3 heteroatoms. The first-order valence-electron chi connectivity index (χ1n) is 16.7. The van der Waals surface area contributed by atoms with Gasteiger partial charge in [-0.1, -0.05) is 109 Å². The van der Waals surface area contributed by atoms with Crippen LogP contribution in [0.15, 0.2) is 158 Å². The summed E-state index contributed by atoms with van der Waals surface area (Å²) in [5.41, 5.74) is 6.32. The molecule has 0 aliphatic carbocycles. The lowest BCUT2D eigenvalue weighted by Gasteiger charge is -2.11. The number of aromatic nitrogens is 2. The van der Waals surface area contributed by atoms with Gasteiger partial charge in [0.05, 0.1) is 22.4 Å². The average Bonchev–Trinajstić information content (AvgIpc) is 3.55. The smallest absolute Gasteiger partial charge is 0.0794 e. The van der Waals surface area contributed by atoms with E-state index in [0.29, 0.717) is 0 Å². The Bertz CT molecular complexity index is 2890. The number of nitrogens with zero attached hydrogens (tertiary/aromatic N) is 2. The highest BCUT2D eigenvalue weighted by Gasteiger charge is 2.15. The van der Waals surface area contributed by atoms with E-state index in [2.05, 4.69) is 158 Å². The Kier molecular flexibility index (Phi) is 5.57. The highest BCUT2D eigenvalue weighted by Crippen LogP contribution is 2.41. The summed E-state index contributed by atoms with van der Waals surface area (Å²) in [6.45, 7) is 0. The van der Waals surface area contributed by atoms with Crippen LogP contribution in [-0.2, 0) is 0 Å². The summed E-state index contributed by atoms with van der Waals surface area (Å²) in [6.07, 6.45) is 0. The second-order valence-corrected chi connectivity index (χ2v) is 14.0. The second kappa shape index (κ2) is 10.2. The van der Waals surface area contributed by atoms with Gasteiger partial charge in [0.1, 0.15) is 0 Å². The minimum absolute atomic E-state index is 0.987. The molecule has 11 rings (SSSR count). The molecule has 0 saturated heterocycles. The summed E-state index contributed by atoms with van der Waals surface area (Å²) in [5, 5.41) is 14.8. The molecule has 0 unspecified atom stereocenters. The molecule has 0 amide bonds. The van der Waals surface area contributed by atoms with Crippen LogP contribution in [0.25, 0.3) is 108 Å². The van der Waals surface area contributed by atoms with E-state index in [4.69, 9.17) is 9.97 Å². The summed E-state index contributed by atoms with van der Waals surface area (Å²) >= 11 is 1.84. The number of rotatable bonds is 2. The molecule has 0 fully saturated rings. The average molecular weight is 639 g/mol. The lowest BCUT2D eigenvalue weighted by atomic mass is 9.96. The van der Waals surface area contributed by atoms with Crippen LogP contribution < -0.4 is 0 Å². The predicted octanol–water partition coefficient (Wildman–Crippen LogP) is 13.1. The van der Waals surface area contributed by atoms with E-state index in [9.17, 15) is 0 Å². The van der Waals surface area contributed by atoms with E-state index in [-0.39, 0.29) is 0 Å². The highest BCUT2D eigenvalue weighted by atomic mass is 32.1. The van der Waals surface area contributed by atoms with Crippen molar-refractivity contribution >= 4 is 96.4 Å². The first-order chi connectivity index (χ1) is 24.3. The largest absolute Gasteiger partial charge is 0.247 e. The van der Waals surface area contributed by atoms with Crippen LogP contribution in [0.2, 0.25) is 0 Å². The topological polar surface area (TPSA) is 25.8 Å². The molecule has 8 aromatic carbocycles. The van der Waals surface area contributed by atoms with Gasteiger partial charge in [-0.25, -0.2) is 9.97 Å². The molecule has 49 heavy (non-hydrogen) atoms. The third-order valence-electron chi connectivity index (χ3n) is 10.2. The molecule has 0 aliphatic heterocycles. The van der Waals surface area contributed by atoms with Crippen molar-refractivity contribution in [3.63, 3.8) is 0 Å². The van der Waals surface area contributed by atoms with Crippen molar-refractivity contribution in [3.05, 3.63) is 158 Å². The maximum atomic E-state index is 5.33. The van der Waals surface area contributed by atoms with Crippen LogP contribution in [0.3, 0.4) is 0 Å². The Morgan fingerprint density at radius 1 is 0.286 bits per heavy atom. The summed E-state index contributed by atoms with van der Waals surface area (Å²) in [4.78, 5) is 10.7. The molecule has 11 aromatic rings. The zero-order valence-electron chi connectivity index (χ0n) is 26.3. The minimum Gasteiger partial charge on any atom is -0.247 e. The maximum Gasteiger partial charge on any atom is 0.0794 e. The fraction of sp³-hybridized carbons (Fsp3) is 0. The van der Waals surface area contributed by atoms with Crippen LogP contribution in [0, 0.1) is 0 Å². The lowest BCUT2D eigenvalue weighted by molar-refractivity contribution is 1.42. The van der Waals surface area contributed by atoms with Gasteiger partial charge in [-0.3, -0.25) is 0 Å². The van der Waals surface area contributed by atoms with E-state index in [1.807, 2.05) is 11.3 Å². The molecule has 0 spiro atoms. The van der Waals surface area contributed by atoms with E-state index < -0.39 is 0 Å². The predicted molar refractivity (Wildman–Crippen MR) is 211 cm³/mol. The van der Waals surface area contributed by atoms with E-state index >= 15 is 0 Å². The van der Waals surface area contributed by atoms with Crippen LogP contribution in [0.5, 0.6) is 0 Å². The van der Waals surface area contributed by atoms with Crippen molar-refractivity contribution in [2.24, 2.45) is 0 Å². The van der Waals surface area contributed by atoms with Gasteiger partial charge in [0.25, 0.3) is 0 Å². The molecule has 2 nitrogen and oxygen atoms in total. The van der Waals surface area contributed by atoms with Crippen molar-refractivity contribution in [1.29, 1.82) is 0 Å². The van der Waals surface area contributed by atoms with E-state index in [1.165, 1.54) is 74.0 Å². The Labute approximate surface area is 285 Å². The fourth-order valence-electron chi connectivity index (χ4n) is 7.94. The standard InChI is InChI=1S/C46H26N2S/c1-3-13-33-29(9-1)31-11-5-7-15-35(31)45-37(33)19-21-41(47-45)27-17-23-43-39(25-27)40-26-28(18-24-44(40)49-43)42-22-20-38-34-14-4-2-10-30(34)32-12-6-8-16-36(32)46(38)48-42/h1-26H. The zero-order valence-corrected chi connectivity index (χ0v) is 27.1. The Hall–Kier alpha value is -6.16. The maximum absolute atomic E-state index is 5.33. The van der Waals surface area contributed by atoms with Gasteiger partial charge in [0.2, 0.25) is 0 Å². The number of benzene rings is 8. The summed E-state index contributed by atoms with van der Waals surface area (Å²) in [5.74, 6) is 0. The Morgan fingerprint density at radius 3 is 1.00 bits per heavy atom. The number of pyridine rings is 2. The summed E-state index contributed by atoms with van der Waals surface area (Å²) in [6, 6.07) is 57.0. The van der Waals surface area contributed by atoms with Crippen LogP contribution in [-0.4, -0.2) is 9.97 Å². The summed E-state index contributed by atoms with van der Waals surface area (Å²) in [7, 11) is 0. The summed E-state index contributed by atoms with van der Waals surface area (Å²) < 4.78 is 2.55. The third kappa shape index (κ3) is 3.94. The molecule has 226 valence electrons. The van der Waals surface area contributed by atoms with Crippen LogP contribution in [0.1, 0.15) is 0 Å². The van der Waals surface area contributed by atoms with Crippen molar-refractivity contribution < 1.29 is 0 Å². The molecule has 0 atom stereocenters. The van der Waals surface area contributed by atoms with Gasteiger partial charge in [-0.05, 0) is 80.8 Å². The van der Waals surface area contributed by atoms with Crippen molar-refractivity contribution in [2.45, 2.75) is 0 Å². The third-order valence-corrected chi connectivity index (χ3v) is 11.4. The van der Waals surface area contributed by atoms with Crippen molar-refractivity contribution in [2.75, 3.05) is 0 Å². The first kappa shape index (κ1) is 26.9. The van der Waals surface area contributed by atoms with E-state index in [1.54, 1.807) is 0 Å². The first-order valence-corrected chi connectivity index (χ1v) is 17.5. The quantitative estimate of drug-likeness (QED) is 0.176. The van der Waals surface area contributed by atoms with Gasteiger partial charge >= 0.3 is 0 Å². The molecule has 0 N–H and O–H groups in total. The van der Waals surface area contributed by atoms with Gasteiger partial charge in [-0.2, -0.15) is 0 Å². The highest BCUT2D eigenvalue weighted by molar-refractivity contribution is 7.25. The zero-order chi connectivity index (χ0) is 32.1. The normalized spacial score (nSPS) is 12.1. The number of hydrogen-bond donors (Lipinski definition) is 0. The van der Waals surface area contributed by atoms with Crippen LogP contribution >= 0.6 is 11.3 Å². The fourth-order valence-corrected chi connectivity index (χ4v) is 9.00. The van der Waals surface area contributed by atoms with Crippen molar-refractivity contribution in [1.82, 2.24) is 9.97 Å². The van der Waals surface area contributed by atoms with Crippen LogP contribution in [0.4, 0.5) is 0 Å². The lowest BCUT2D eigenvalue weighted by Crippen LogP contribution is -1.89. The number of thiophene rings is 1. The van der Waals surface area contributed by atoms with Crippen molar-refractivity contribution in [3.8, 4) is 22.5 Å². The molecular weight excluding hydrogens is 613 g/mol.